The third-order valence-corrected chi connectivity index (χ3v) is 3.74. The third kappa shape index (κ3) is 4.23. The third-order valence-electron chi connectivity index (χ3n) is 3.74. The van der Waals surface area contributed by atoms with Crippen molar-refractivity contribution in [3.63, 3.8) is 0 Å². The highest BCUT2D eigenvalue weighted by molar-refractivity contribution is 5.94. The summed E-state index contributed by atoms with van der Waals surface area (Å²) in [7, 11) is 0. The molecule has 0 aliphatic carbocycles. The Kier molecular flexibility index (Phi) is 4.79. The van der Waals surface area contributed by atoms with Gasteiger partial charge in [0.05, 0.1) is 0 Å². The van der Waals surface area contributed by atoms with Crippen molar-refractivity contribution in [1.82, 2.24) is 15.3 Å². The van der Waals surface area contributed by atoms with Gasteiger partial charge in [-0.2, -0.15) is 0 Å². The first kappa shape index (κ1) is 16.7. The Morgan fingerprint density at radius 1 is 1.16 bits per heavy atom. The first-order chi connectivity index (χ1) is 12.0. The van der Waals surface area contributed by atoms with E-state index in [0.717, 1.165) is 17.1 Å². The zero-order valence-corrected chi connectivity index (χ0v) is 14.1. The molecule has 6 nitrogen and oxygen atoms in total. The minimum atomic E-state index is -0.183. The molecule has 25 heavy (non-hydrogen) atoms. The lowest BCUT2D eigenvalue weighted by atomic mass is 10.1. The number of nitrogens with one attached hydrogen (secondary N) is 2. The lowest BCUT2D eigenvalue weighted by Crippen LogP contribution is -2.26. The van der Waals surface area contributed by atoms with Gasteiger partial charge in [-0.05, 0) is 38.1 Å². The summed E-state index contributed by atoms with van der Waals surface area (Å²) in [6, 6.07) is 12.5. The molecular formula is C19H19N3O3. The quantitative estimate of drug-likeness (QED) is 0.749. The van der Waals surface area contributed by atoms with Crippen LogP contribution < -0.4 is 10.9 Å². The topological polar surface area (TPSA) is 88.0 Å². The molecule has 0 aliphatic heterocycles. The first-order valence-corrected chi connectivity index (χ1v) is 8.03. The lowest BCUT2D eigenvalue weighted by molar-refractivity contribution is 0.0954. The van der Waals surface area contributed by atoms with Crippen LogP contribution in [-0.2, 0) is 6.42 Å². The maximum Gasteiger partial charge on any atom is 0.251 e. The largest absolute Gasteiger partial charge is 0.461 e. The van der Waals surface area contributed by atoms with E-state index in [1.165, 1.54) is 6.07 Å². The molecule has 128 valence electrons. The van der Waals surface area contributed by atoms with Crippen molar-refractivity contribution in [1.29, 1.82) is 0 Å². The van der Waals surface area contributed by atoms with Gasteiger partial charge >= 0.3 is 0 Å². The van der Waals surface area contributed by atoms with Crippen molar-refractivity contribution in [3.8, 4) is 11.3 Å². The number of furan rings is 1. The summed E-state index contributed by atoms with van der Waals surface area (Å²) in [4.78, 5) is 30.5. The molecule has 1 amide bonds. The zero-order chi connectivity index (χ0) is 17.8. The Hall–Kier alpha value is -3.15. The first-order valence-electron chi connectivity index (χ1n) is 8.03. The molecule has 6 heteroatoms. The Bertz CT molecular complexity index is 939. The van der Waals surface area contributed by atoms with Crippen LogP contribution in [0.3, 0.4) is 0 Å². The molecule has 2 N–H and O–H groups in total. The molecule has 2 heterocycles. The smallest absolute Gasteiger partial charge is 0.251 e. The average molecular weight is 337 g/mol. The summed E-state index contributed by atoms with van der Waals surface area (Å²) in [5, 5.41) is 2.83. The number of aromatic nitrogens is 2. The van der Waals surface area contributed by atoms with Crippen LogP contribution in [0.15, 0.2) is 51.7 Å². The predicted molar refractivity (Wildman–Crippen MR) is 94.5 cm³/mol. The number of rotatable bonds is 5. The maximum absolute atomic E-state index is 12.2. The Morgan fingerprint density at radius 2 is 1.92 bits per heavy atom. The van der Waals surface area contributed by atoms with E-state index in [-0.39, 0.29) is 11.5 Å². The van der Waals surface area contributed by atoms with Crippen LogP contribution >= 0.6 is 0 Å². The number of hydrogen-bond acceptors (Lipinski definition) is 4. The normalized spacial score (nSPS) is 10.6. The van der Waals surface area contributed by atoms with Gasteiger partial charge < -0.3 is 14.7 Å². The van der Waals surface area contributed by atoms with Gasteiger partial charge in [-0.15, -0.1) is 0 Å². The highest BCUT2D eigenvalue weighted by atomic mass is 16.3. The van der Waals surface area contributed by atoms with Gasteiger partial charge in [0, 0.05) is 35.9 Å². The second kappa shape index (κ2) is 7.17. The van der Waals surface area contributed by atoms with Crippen molar-refractivity contribution < 1.29 is 9.21 Å². The van der Waals surface area contributed by atoms with E-state index in [1.807, 2.05) is 31.2 Å². The SMILES string of the molecule is Cc1cc(=O)[nH]c(CCNC(=O)c2ccc(-c3ccc(C)o3)cc2)n1. The van der Waals surface area contributed by atoms with Gasteiger partial charge in [0.15, 0.2) is 0 Å². The van der Waals surface area contributed by atoms with Crippen molar-refractivity contribution in [3.05, 3.63) is 75.7 Å². The molecule has 0 saturated carbocycles. The van der Waals surface area contributed by atoms with Gasteiger partial charge in [0.25, 0.3) is 11.5 Å². The average Bonchev–Trinajstić information content (AvgIpc) is 3.00. The summed E-state index contributed by atoms with van der Waals surface area (Å²) in [5.41, 5.74) is 1.97. The number of aryl methyl sites for hydroxylation is 2. The second-order valence-electron chi connectivity index (χ2n) is 5.83. The van der Waals surface area contributed by atoms with Crippen LogP contribution in [0.2, 0.25) is 0 Å². The molecule has 0 radical (unpaired) electrons. The van der Waals surface area contributed by atoms with Gasteiger partial charge in [-0.25, -0.2) is 4.98 Å². The fourth-order valence-corrected chi connectivity index (χ4v) is 2.53. The number of aromatic amines is 1. The molecule has 0 spiro atoms. The molecule has 0 fully saturated rings. The van der Waals surface area contributed by atoms with Crippen LogP contribution in [0.1, 0.15) is 27.6 Å². The van der Waals surface area contributed by atoms with E-state index >= 15 is 0 Å². The van der Waals surface area contributed by atoms with E-state index < -0.39 is 0 Å². The van der Waals surface area contributed by atoms with Gasteiger partial charge in [-0.3, -0.25) is 9.59 Å². The number of hydrogen-bond donors (Lipinski definition) is 2. The van der Waals surface area contributed by atoms with Crippen molar-refractivity contribution in [2.45, 2.75) is 20.3 Å². The molecule has 1 aromatic carbocycles. The molecule has 0 atom stereocenters. The van der Waals surface area contributed by atoms with Crippen LogP contribution in [0.25, 0.3) is 11.3 Å². The zero-order valence-electron chi connectivity index (χ0n) is 14.1. The van der Waals surface area contributed by atoms with Gasteiger partial charge in [-0.1, -0.05) is 12.1 Å². The molecule has 2 aromatic heterocycles. The van der Waals surface area contributed by atoms with Crippen LogP contribution in [0.4, 0.5) is 0 Å². The summed E-state index contributed by atoms with van der Waals surface area (Å²) >= 11 is 0. The predicted octanol–water partition coefficient (Wildman–Crippen LogP) is 2.62. The fraction of sp³-hybridized carbons (Fsp3) is 0.211. The Labute approximate surface area is 144 Å². The van der Waals surface area contributed by atoms with E-state index in [1.54, 1.807) is 19.1 Å². The number of carbonyl (C=O) groups is 1. The Morgan fingerprint density at radius 3 is 2.56 bits per heavy atom. The van der Waals surface area contributed by atoms with Crippen LogP contribution in [0.5, 0.6) is 0 Å². The van der Waals surface area contributed by atoms with Gasteiger partial charge in [0.2, 0.25) is 0 Å². The highest BCUT2D eigenvalue weighted by Crippen LogP contribution is 2.22. The van der Waals surface area contributed by atoms with E-state index in [0.29, 0.717) is 30.0 Å². The lowest BCUT2D eigenvalue weighted by Gasteiger charge is -2.06. The summed E-state index contributed by atoms with van der Waals surface area (Å²) in [6.45, 7) is 4.05. The fourth-order valence-electron chi connectivity index (χ4n) is 2.53. The molecule has 0 bridgehead atoms. The van der Waals surface area contributed by atoms with Crippen molar-refractivity contribution in [2.24, 2.45) is 0 Å². The highest BCUT2D eigenvalue weighted by Gasteiger charge is 2.08. The molecule has 3 rings (SSSR count). The van der Waals surface area contributed by atoms with Crippen molar-refractivity contribution in [2.75, 3.05) is 6.54 Å². The number of H-pyrrole nitrogens is 1. The summed E-state index contributed by atoms with van der Waals surface area (Å²) in [5.74, 6) is 2.02. The number of carbonyl (C=O) groups excluding carboxylic acids is 1. The second-order valence-corrected chi connectivity index (χ2v) is 5.83. The number of benzene rings is 1. The standard InChI is InChI=1S/C19H19N3O3/c1-12-11-18(23)22-17(21-12)9-10-20-19(24)15-6-4-14(5-7-15)16-8-3-13(2)25-16/h3-8,11H,9-10H2,1-2H3,(H,20,24)(H,21,22,23). The maximum atomic E-state index is 12.2. The number of amides is 1. The van der Waals surface area contributed by atoms with Gasteiger partial charge in [0.1, 0.15) is 17.3 Å². The summed E-state index contributed by atoms with van der Waals surface area (Å²) in [6.07, 6.45) is 0.465. The van der Waals surface area contributed by atoms with Crippen molar-refractivity contribution >= 4 is 5.91 Å². The van der Waals surface area contributed by atoms with Crippen LogP contribution in [-0.4, -0.2) is 22.4 Å². The summed E-state index contributed by atoms with van der Waals surface area (Å²) < 4.78 is 5.57. The minimum Gasteiger partial charge on any atom is -0.461 e. The molecule has 0 unspecified atom stereocenters. The van der Waals surface area contributed by atoms with Crippen LogP contribution in [0, 0.1) is 13.8 Å². The molecule has 0 aliphatic rings. The molecular weight excluding hydrogens is 318 g/mol. The minimum absolute atomic E-state index is 0.169. The monoisotopic (exact) mass is 337 g/mol. The molecule has 3 aromatic rings. The van der Waals surface area contributed by atoms with E-state index in [9.17, 15) is 9.59 Å². The number of nitrogens with zero attached hydrogens (tertiary/aromatic N) is 1. The van der Waals surface area contributed by atoms with E-state index in [4.69, 9.17) is 4.42 Å². The van der Waals surface area contributed by atoms with E-state index in [2.05, 4.69) is 15.3 Å². The molecule has 0 saturated heterocycles. The Balaban J connectivity index is 1.58.